The number of carbonyl (C=O) groups is 2. The second-order valence-electron chi connectivity index (χ2n) is 7.57. The minimum atomic E-state index is -0.401. The van der Waals surface area contributed by atoms with E-state index in [2.05, 4.69) is 5.32 Å². The van der Waals surface area contributed by atoms with E-state index >= 15 is 0 Å². The molecule has 0 saturated heterocycles. The molecule has 0 atom stereocenters. The van der Waals surface area contributed by atoms with Crippen LogP contribution in [0, 0.1) is 6.92 Å². The lowest BCUT2D eigenvalue weighted by Crippen LogP contribution is -2.32. The van der Waals surface area contributed by atoms with Gasteiger partial charge in [-0.3, -0.25) is 9.59 Å². The smallest absolute Gasteiger partial charge is 0.282 e. The summed E-state index contributed by atoms with van der Waals surface area (Å²) in [5.74, 6) is 0.664. The van der Waals surface area contributed by atoms with Gasteiger partial charge in [0.25, 0.3) is 11.8 Å². The molecular formula is C27H26N2O4. The van der Waals surface area contributed by atoms with Crippen molar-refractivity contribution in [1.82, 2.24) is 0 Å². The van der Waals surface area contributed by atoms with Crippen molar-refractivity contribution >= 4 is 28.8 Å². The lowest BCUT2D eigenvalue weighted by atomic mass is 10.0. The highest BCUT2D eigenvalue weighted by atomic mass is 16.5. The van der Waals surface area contributed by atoms with Gasteiger partial charge in [-0.15, -0.1) is 0 Å². The van der Waals surface area contributed by atoms with Crippen molar-refractivity contribution in [1.29, 1.82) is 0 Å². The maximum atomic E-state index is 13.5. The molecule has 33 heavy (non-hydrogen) atoms. The Morgan fingerprint density at radius 1 is 0.727 bits per heavy atom. The molecule has 0 aliphatic carbocycles. The number of imide groups is 1. The van der Waals surface area contributed by atoms with Gasteiger partial charge in [0, 0.05) is 5.69 Å². The largest absolute Gasteiger partial charge is 0.494 e. The number of nitrogens with one attached hydrogen (secondary N) is 1. The van der Waals surface area contributed by atoms with E-state index in [0.29, 0.717) is 41.5 Å². The van der Waals surface area contributed by atoms with Crippen molar-refractivity contribution < 1.29 is 19.1 Å². The van der Waals surface area contributed by atoms with Crippen LogP contribution in [0.25, 0.3) is 5.57 Å². The van der Waals surface area contributed by atoms with Gasteiger partial charge in [0.15, 0.2) is 0 Å². The van der Waals surface area contributed by atoms with Gasteiger partial charge in [0.1, 0.15) is 17.2 Å². The van der Waals surface area contributed by atoms with E-state index in [1.165, 1.54) is 4.90 Å². The van der Waals surface area contributed by atoms with Gasteiger partial charge in [0.2, 0.25) is 0 Å². The van der Waals surface area contributed by atoms with Crippen molar-refractivity contribution in [2.45, 2.75) is 20.8 Å². The van der Waals surface area contributed by atoms with Gasteiger partial charge >= 0.3 is 0 Å². The summed E-state index contributed by atoms with van der Waals surface area (Å²) in [6.45, 7) is 6.90. The van der Waals surface area contributed by atoms with Gasteiger partial charge < -0.3 is 14.8 Å². The van der Waals surface area contributed by atoms with Crippen molar-refractivity contribution in [2.75, 3.05) is 23.4 Å². The van der Waals surface area contributed by atoms with E-state index in [-0.39, 0.29) is 11.6 Å². The number of aryl methyl sites for hydroxylation is 1. The van der Waals surface area contributed by atoms with E-state index < -0.39 is 5.91 Å². The molecule has 2 amide bonds. The topological polar surface area (TPSA) is 67.9 Å². The first kappa shape index (κ1) is 22.1. The molecule has 0 fully saturated rings. The van der Waals surface area contributed by atoms with E-state index in [4.69, 9.17) is 9.47 Å². The van der Waals surface area contributed by atoms with Crippen LogP contribution >= 0.6 is 0 Å². The lowest BCUT2D eigenvalue weighted by molar-refractivity contribution is -0.120. The number of amides is 2. The van der Waals surface area contributed by atoms with Crippen LogP contribution < -0.4 is 19.7 Å². The molecular weight excluding hydrogens is 416 g/mol. The zero-order valence-corrected chi connectivity index (χ0v) is 18.9. The summed E-state index contributed by atoms with van der Waals surface area (Å²) in [4.78, 5) is 28.2. The SMILES string of the molecule is CCOc1ccc(NC2=C(c3ccc(OCC)cc3)C(=O)N(c3ccc(C)cc3)C2=O)cc1. The fourth-order valence-electron chi connectivity index (χ4n) is 3.67. The summed E-state index contributed by atoms with van der Waals surface area (Å²) in [6.07, 6.45) is 0. The number of hydrogen-bond donors (Lipinski definition) is 1. The van der Waals surface area contributed by atoms with Gasteiger partial charge in [-0.2, -0.15) is 0 Å². The second kappa shape index (κ2) is 9.61. The average molecular weight is 443 g/mol. The molecule has 0 spiro atoms. The Bertz CT molecular complexity index is 1180. The zero-order chi connectivity index (χ0) is 23.4. The fourth-order valence-corrected chi connectivity index (χ4v) is 3.67. The van der Waals surface area contributed by atoms with Crippen LogP contribution in [-0.2, 0) is 9.59 Å². The standard InChI is InChI=1S/C27H26N2O4/c1-4-32-22-14-8-19(9-15-22)24-25(28-20-10-16-23(17-11-20)33-5-2)27(31)29(26(24)30)21-12-6-18(3)7-13-21/h6-17,28H,4-5H2,1-3H3. The Morgan fingerprint density at radius 3 is 1.82 bits per heavy atom. The molecule has 1 aliphatic rings. The Morgan fingerprint density at radius 2 is 1.27 bits per heavy atom. The third-order valence-electron chi connectivity index (χ3n) is 5.26. The summed E-state index contributed by atoms with van der Waals surface area (Å²) in [5, 5.41) is 3.17. The molecule has 3 aromatic rings. The molecule has 6 nitrogen and oxygen atoms in total. The molecule has 1 aliphatic heterocycles. The van der Waals surface area contributed by atoms with Crippen LogP contribution in [0.3, 0.4) is 0 Å². The third-order valence-corrected chi connectivity index (χ3v) is 5.26. The van der Waals surface area contributed by atoms with Crippen molar-refractivity contribution in [3.05, 3.63) is 89.6 Å². The maximum Gasteiger partial charge on any atom is 0.282 e. The van der Waals surface area contributed by atoms with Crippen molar-refractivity contribution in [3.63, 3.8) is 0 Å². The van der Waals surface area contributed by atoms with E-state index in [1.54, 1.807) is 36.4 Å². The molecule has 6 heteroatoms. The predicted octanol–water partition coefficient (Wildman–Crippen LogP) is 5.19. The van der Waals surface area contributed by atoms with Crippen LogP contribution in [0.4, 0.5) is 11.4 Å². The molecule has 168 valence electrons. The summed E-state index contributed by atoms with van der Waals surface area (Å²) < 4.78 is 11.0. The first-order valence-corrected chi connectivity index (χ1v) is 10.9. The minimum Gasteiger partial charge on any atom is -0.494 e. The van der Waals surface area contributed by atoms with Gasteiger partial charge in [-0.1, -0.05) is 29.8 Å². The average Bonchev–Trinajstić information content (AvgIpc) is 3.06. The van der Waals surface area contributed by atoms with E-state index in [9.17, 15) is 9.59 Å². The molecule has 0 saturated carbocycles. The Kier molecular flexibility index (Phi) is 6.45. The van der Waals surface area contributed by atoms with Gasteiger partial charge in [0.05, 0.1) is 24.5 Å². The third kappa shape index (κ3) is 4.60. The number of anilines is 2. The molecule has 0 unspecified atom stereocenters. The summed E-state index contributed by atoms with van der Waals surface area (Å²) in [6, 6.07) is 21.8. The van der Waals surface area contributed by atoms with Gasteiger partial charge in [-0.05, 0) is 74.9 Å². The quantitative estimate of drug-likeness (QED) is 0.487. The first-order chi connectivity index (χ1) is 16.0. The van der Waals surface area contributed by atoms with Gasteiger partial charge in [-0.25, -0.2) is 4.90 Å². The number of ether oxygens (including phenoxy) is 2. The summed E-state index contributed by atoms with van der Waals surface area (Å²) in [7, 11) is 0. The molecule has 1 heterocycles. The van der Waals surface area contributed by atoms with Crippen LogP contribution in [0.1, 0.15) is 25.0 Å². The van der Waals surface area contributed by atoms with Crippen LogP contribution in [0.5, 0.6) is 11.5 Å². The van der Waals surface area contributed by atoms with E-state index in [1.807, 2.05) is 57.2 Å². The minimum absolute atomic E-state index is 0.230. The molecule has 1 N–H and O–H groups in total. The van der Waals surface area contributed by atoms with Crippen LogP contribution in [0.2, 0.25) is 0 Å². The maximum absolute atomic E-state index is 13.5. The highest BCUT2D eigenvalue weighted by molar-refractivity contribution is 6.46. The highest BCUT2D eigenvalue weighted by Gasteiger charge is 2.40. The number of carbonyl (C=O) groups excluding carboxylic acids is 2. The molecule has 0 aromatic heterocycles. The highest BCUT2D eigenvalue weighted by Crippen LogP contribution is 2.34. The number of hydrogen-bond acceptors (Lipinski definition) is 5. The summed E-state index contributed by atoms with van der Waals surface area (Å²) >= 11 is 0. The van der Waals surface area contributed by atoms with E-state index in [0.717, 1.165) is 11.3 Å². The zero-order valence-electron chi connectivity index (χ0n) is 18.9. The van der Waals surface area contributed by atoms with Crippen molar-refractivity contribution in [3.8, 4) is 11.5 Å². The Balaban J connectivity index is 1.74. The second-order valence-corrected chi connectivity index (χ2v) is 7.57. The number of nitrogens with zero attached hydrogens (tertiary/aromatic N) is 1. The van der Waals surface area contributed by atoms with Crippen molar-refractivity contribution in [2.24, 2.45) is 0 Å². The fraction of sp³-hybridized carbons (Fsp3) is 0.185. The first-order valence-electron chi connectivity index (χ1n) is 10.9. The predicted molar refractivity (Wildman–Crippen MR) is 129 cm³/mol. The number of benzene rings is 3. The molecule has 3 aromatic carbocycles. The van der Waals surface area contributed by atoms with Crippen LogP contribution in [0.15, 0.2) is 78.5 Å². The monoisotopic (exact) mass is 442 g/mol. The van der Waals surface area contributed by atoms with Crippen LogP contribution in [-0.4, -0.2) is 25.0 Å². The molecule has 0 radical (unpaired) electrons. The Labute approximate surface area is 193 Å². The lowest BCUT2D eigenvalue weighted by Gasteiger charge is -2.15. The Hall–Kier alpha value is -4.06. The normalized spacial score (nSPS) is 13.5. The number of rotatable bonds is 8. The molecule has 4 rings (SSSR count). The summed E-state index contributed by atoms with van der Waals surface area (Å²) in [5.41, 5.74) is 3.45. The molecule has 0 bridgehead atoms.